The van der Waals surface area contributed by atoms with E-state index in [0.29, 0.717) is 17.8 Å². The second kappa shape index (κ2) is 5.04. The first-order chi connectivity index (χ1) is 8.60. The molecule has 0 radical (unpaired) electrons. The quantitative estimate of drug-likeness (QED) is 0.474. The van der Waals surface area contributed by atoms with E-state index in [4.69, 9.17) is 9.15 Å². The van der Waals surface area contributed by atoms with Crippen LogP contribution in [0.25, 0.3) is 11.0 Å². The highest BCUT2D eigenvalue weighted by Crippen LogP contribution is 2.22. The van der Waals surface area contributed by atoms with Gasteiger partial charge in [0.25, 0.3) is 0 Å². The van der Waals surface area contributed by atoms with E-state index >= 15 is 0 Å². The maximum atomic E-state index is 11.4. The Morgan fingerprint density at radius 3 is 2.83 bits per heavy atom. The minimum atomic E-state index is -0.379. The molecular formula is C14H14O4. The van der Waals surface area contributed by atoms with Gasteiger partial charge in [0.2, 0.25) is 0 Å². The van der Waals surface area contributed by atoms with E-state index in [-0.39, 0.29) is 11.6 Å². The first kappa shape index (κ1) is 12.4. The van der Waals surface area contributed by atoms with E-state index in [9.17, 15) is 9.59 Å². The molecule has 2 rings (SSSR count). The van der Waals surface area contributed by atoms with Crippen LogP contribution >= 0.6 is 0 Å². The lowest BCUT2D eigenvalue weighted by molar-refractivity contribution is -0.134. The molecule has 0 N–H and O–H groups in total. The summed E-state index contributed by atoms with van der Waals surface area (Å²) >= 11 is 0. The summed E-state index contributed by atoms with van der Waals surface area (Å²) < 4.78 is 10.2. The monoisotopic (exact) mass is 246 g/mol. The minimum absolute atomic E-state index is 0.258. The molecule has 4 heteroatoms. The lowest BCUT2D eigenvalue weighted by Gasteiger charge is -2.05. The largest absolute Gasteiger partial charge is 0.427 e. The van der Waals surface area contributed by atoms with Crippen LogP contribution in [-0.4, -0.2) is 5.97 Å². The lowest BCUT2D eigenvalue weighted by atomic mass is 10.1. The van der Waals surface area contributed by atoms with Crippen LogP contribution in [0.15, 0.2) is 33.5 Å². The van der Waals surface area contributed by atoms with E-state index in [1.807, 2.05) is 13.8 Å². The number of hydrogen-bond acceptors (Lipinski definition) is 4. The van der Waals surface area contributed by atoms with Crippen LogP contribution in [0.2, 0.25) is 0 Å². The smallest absolute Gasteiger partial charge is 0.336 e. The number of fused-ring (bicyclic) bond motifs is 1. The normalized spacial score (nSPS) is 10.6. The number of rotatable bonds is 3. The molecule has 0 saturated heterocycles. The average molecular weight is 246 g/mol. The van der Waals surface area contributed by atoms with Crippen LogP contribution in [0.3, 0.4) is 0 Å². The third kappa shape index (κ3) is 2.59. The van der Waals surface area contributed by atoms with Gasteiger partial charge in [-0.1, -0.05) is 6.92 Å². The summed E-state index contributed by atoms with van der Waals surface area (Å²) in [5, 5.41) is 0.774. The molecule has 0 aliphatic rings. The van der Waals surface area contributed by atoms with Gasteiger partial charge < -0.3 is 9.15 Å². The maximum Gasteiger partial charge on any atom is 0.336 e. The number of hydrogen-bond donors (Lipinski definition) is 0. The zero-order valence-electron chi connectivity index (χ0n) is 10.4. The van der Waals surface area contributed by atoms with Gasteiger partial charge in [-0.05, 0) is 37.1 Å². The van der Waals surface area contributed by atoms with Crippen molar-refractivity contribution in [3.05, 3.63) is 40.2 Å². The molecule has 0 fully saturated rings. The van der Waals surface area contributed by atoms with Gasteiger partial charge in [0.05, 0.1) is 0 Å². The van der Waals surface area contributed by atoms with Crippen LogP contribution < -0.4 is 10.4 Å². The SMILES string of the molecule is CCCC(=O)Oc1ccc2oc(=O)cc(C)c2c1. The Hall–Kier alpha value is -2.10. The van der Waals surface area contributed by atoms with Crippen molar-refractivity contribution >= 4 is 16.9 Å². The van der Waals surface area contributed by atoms with E-state index in [1.54, 1.807) is 18.2 Å². The molecule has 0 saturated carbocycles. The van der Waals surface area contributed by atoms with Crippen molar-refractivity contribution in [3.63, 3.8) is 0 Å². The van der Waals surface area contributed by atoms with Crippen molar-refractivity contribution in [2.24, 2.45) is 0 Å². The fourth-order valence-corrected chi connectivity index (χ4v) is 1.75. The molecule has 0 aliphatic carbocycles. The Labute approximate surface area is 104 Å². The number of ether oxygens (including phenoxy) is 1. The first-order valence-corrected chi connectivity index (χ1v) is 5.85. The average Bonchev–Trinajstić information content (AvgIpc) is 2.30. The third-order valence-corrected chi connectivity index (χ3v) is 2.61. The minimum Gasteiger partial charge on any atom is -0.427 e. The van der Waals surface area contributed by atoms with Gasteiger partial charge in [-0.2, -0.15) is 0 Å². The van der Waals surface area contributed by atoms with Crippen LogP contribution in [-0.2, 0) is 4.79 Å². The molecule has 0 amide bonds. The summed E-state index contributed by atoms with van der Waals surface area (Å²) in [5.41, 5.74) is 0.917. The molecule has 0 atom stereocenters. The second-order valence-corrected chi connectivity index (χ2v) is 4.13. The van der Waals surface area contributed by atoms with E-state index in [2.05, 4.69) is 0 Å². The number of carbonyl (C=O) groups is 1. The van der Waals surface area contributed by atoms with Gasteiger partial charge in [0.1, 0.15) is 11.3 Å². The third-order valence-electron chi connectivity index (χ3n) is 2.61. The predicted molar refractivity (Wildman–Crippen MR) is 67.8 cm³/mol. The maximum absolute atomic E-state index is 11.4. The molecule has 4 nitrogen and oxygen atoms in total. The van der Waals surface area contributed by atoms with Gasteiger partial charge in [0, 0.05) is 17.9 Å². The topological polar surface area (TPSA) is 56.5 Å². The molecule has 0 spiro atoms. The molecule has 2 aromatic rings. The Kier molecular flexibility index (Phi) is 3.46. The molecular weight excluding hydrogens is 232 g/mol. The van der Waals surface area contributed by atoms with Gasteiger partial charge in [-0.3, -0.25) is 4.79 Å². The van der Waals surface area contributed by atoms with Crippen LogP contribution in [0.5, 0.6) is 5.75 Å². The standard InChI is InChI=1S/C14H14O4/c1-3-4-13(15)17-10-5-6-12-11(8-10)9(2)7-14(16)18-12/h5-8H,3-4H2,1-2H3. The molecule has 0 aliphatic heterocycles. The lowest BCUT2D eigenvalue weighted by Crippen LogP contribution is -2.07. The van der Waals surface area contributed by atoms with Crippen molar-refractivity contribution in [3.8, 4) is 5.75 Å². The molecule has 0 bridgehead atoms. The number of esters is 1. The summed E-state index contributed by atoms with van der Waals surface area (Å²) in [6.45, 7) is 3.73. The summed E-state index contributed by atoms with van der Waals surface area (Å²) in [5.74, 6) is 0.213. The van der Waals surface area contributed by atoms with Gasteiger partial charge in [0.15, 0.2) is 0 Å². The Morgan fingerprint density at radius 2 is 2.11 bits per heavy atom. The van der Waals surface area contributed by atoms with Crippen molar-refractivity contribution in [2.45, 2.75) is 26.7 Å². The first-order valence-electron chi connectivity index (χ1n) is 5.85. The highest BCUT2D eigenvalue weighted by atomic mass is 16.5. The van der Waals surface area contributed by atoms with Crippen LogP contribution in [0.1, 0.15) is 25.3 Å². The highest BCUT2D eigenvalue weighted by Gasteiger charge is 2.07. The summed E-state index contributed by atoms with van der Waals surface area (Å²) in [6, 6.07) is 6.39. The number of benzene rings is 1. The summed E-state index contributed by atoms with van der Waals surface area (Å²) in [7, 11) is 0. The van der Waals surface area contributed by atoms with Crippen LogP contribution in [0.4, 0.5) is 0 Å². The van der Waals surface area contributed by atoms with E-state index < -0.39 is 0 Å². The predicted octanol–water partition coefficient (Wildman–Crippen LogP) is 2.81. The van der Waals surface area contributed by atoms with Crippen LogP contribution in [0, 0.1) is 6.92 Å². The molecule has 1 aromatic heterocycles. The van der Waals surface area contributed by atoms with Crippen molar-refractivity contribution in [1.29, 1.82) is 0 Å². The second-order valence-electron chi connectivity index (χ2n) is 4.13. The van der Waals surface area contributed by atoms with Crippen molar-refractivity contribution in [2.75, 3.05) is 0 Å². The molecule has 1 aromatic carbocycles. The fourth-order valence-electron chi connectivity index (χ4n) is 1.75. The Morgan fingerprint density at radius 1 is 1.33 bits per heavy atom. The fraction of sp³-hybridized carbons (Fsp3) is 0.286. The molecule has 18 heavy (non-hydrogen) atoms. The zero-order chi connectivity index (χ0) is 13.1. The van der Waals surface area contributed by atoms with E-state index in [0.717, 1.165) is 17.4 Å². The Balaban J connectivity index is 2.38. The zero-order valence-corrected chi connectivity index (χ0v) is 10.4. The van der Waals surface area contributed by atoms with Crippen molar-refractivity contribution < 1.29 is 13.9 Å². The van der Waals surface area contributed by atoms with E-state index in [1.165, 1.54) is 6.07 Å². The summed E-state index contributed by atoms with van der Waals surface area (Å²) in [4.78, 5) is 22.6. The van der Waals surface area contributed by atoms with Gasteiger partial charge >= 0.3 is 11.6 Å². The highest BCUT2D eigenvalue weighted by molar-refractivity contribution is 5.82. The summed E-state index contributed by atoms with van der Waals surface area (Å²) in [6.07, 6.45) is 1.14. The molecule has 94 valence electrons. The van der Waals surface area contributed by atoms with Gasteiger partial charge in [-0.25, -0.2) is 4.79 Å². The number of carbonyl (C=O) groups excluding carboxylic acids is 1. The number of aryl methyl sites for hydroxylation is 1. The molecule has 0 unspecified atom stereocenters. The van der Waals surface area contributed by atoms with Gasteiger partial charge in [-0.15, -0.1) is 0 Å². The molecule has 1 heterocycles. The van der Waals surface area contributed by atoms with Crippen molar-refractivity contribution in [1.82, 2.24) is 0 Å². The Bertz CT molecular complexity index is 640.